The fraction of sp³-hybridized carbons (Fsp3) is 0.250. The molecular formula is C8H5ClF2N2O2S. The second kappa shape index (κ2) is 4.31. The Labute approximate surface area is 94.9 Å². The molecule has 0 bridgehead atoms. The molecule has 0 aliphatic rings. The lowest BCUT2D eigenvalue weighted by Gasteiger charge is -2.08. The lowest BCUT2D eigenvalue weighted by Crippen LogP contribution is -2.06. The quantitative estimate of drug-likeness (QED) is 0.769. The Bertz CT molecular complexity index is 566. The maximum absolute atomic E-state index is 12.5. The van der Waals surface area contributed by atoms with Gasteiger partial charge in [-0.15, -0.1) is 0 Å². The molecule has 4 nitrogen and oxygen atoms in total. The summed E-state index contributed by atoms with van der Waals surface area (Å²) in [6.45, 7) is 1.22. The van der Waals surface area contributed by atoms with Crippen LogP contribution in [-0.4, -0.2) is 13.4 Å². The minimum atomic E-state index is -4.36. The lowest BCUT2D eigenvalue weighted by molar-refractivity contribution is 0.142. The summed E-state index contributed by atoms with van der Waals surface area (Å²) in [6, 6.07) is 1.64. The summed E-state index contributed by atoms with van der Waals surface area (Å²) in [6.07, 6.45) is -2.18. The molecule has 0 saturated carbocycles. The maximum Gasteiger partial charge on any atom is 0.281 e. The molecule has 16 heavy (non-hydrogen) atoms. The Morgan fingerprint density at radius 3 is 2.50 bits per heavy atom. The number of hydrogen-bond acceptors (Lipinski definition) is 4. The molecule has 86 valence electrons. The highest BCUT2D eigenvalue weighted by Crippen LogP contribution is 2.30. The summed E-state index contributed by atoms with van der Waals surface area (Å²) in [5.41, 5.74) is -1.17. The lowest BCUT2D eigenvalue weighted by atomic mass is 10.1. The van der Waals surface area contributed by atoms with Gasteiger partial charge in [0, 0.05) is 16.9 Å². The van der Waals surface area contributed by atoms with Gasteiger partial charge in [-0.05, 0) is 12.5 Å². The number of nitriles is 1. The van der Waals surface area contributed by atoms with Crippen molar-refractivity contribution in [2.45, 2.75) is 18.2 Å². The molecule has 1 heterocycles. The normalized spacial score (nSPS) is 11.5. The minimum absolute atomic E-state index is 0.108. The second-order valence-corrected chi connectivity index (χ2v) is 5.36. The fourth-order valence-electron chi connectivity index (χ4n) is 1.18. The topological polar surface area (TPSA) is 70.8 Å². The van der Waals surface area contributed by atoms with Gasteiger partial charge in [0.1, 0.15) is 16.7 Å². The summed E-state index contributed by atoms with van der Waals surface area (Å²) in [7, 11) is 0.668. The van der Waals surface area contributed by atoms with Gasteiger partial charge < -0.3 is 0 Å². The van der Waals surface area contributed by atoms with Gasteiger partial charge in [-0.1, -0.05) is 0 Å². The van der Waals surface area contributed by atoms with Crippen molar-refractivity contribution in [2.75, 3.05) is 0 Å². The maximum atomic E-state index is 12.5. The van der Waals surface area contributed by atoms with Crippen molar-refractivity contribution >= 4 is 19.7 Å². The van der Waals surface area contributed by atoms with Gasteiger partial charge in [0.2, 0.25) is 0 Å². The van der Waals surface area contributed by atoms with Gasteiger partial charge in [0.05, 0.1) is 5.56 Å². The predicted octanol–water partition coefficient (Wildman–Crippen LogP) is 2.13. The average molecular weight is 267 g/mol. The van der Waals surface area contributed by atoms with Crippen LogP contribution < -0.4 is 0 Å². The standard InChI is InChI=1S/C8H5ClF2N2O2S/c1-4-5(2-12)3-13-6(8(10)11)7(4)16(9,14)15/h3,8H,1H3. The zero-order valence-electron chi connectivity index (χ0n) is 7.91. The van der Waals surface area contributed by atoms with Crippen molar-refractivity contribution in [3.05, 3.63) is 23.0 Å². The van der Waals surface area contributed by atoms with Crippen molar-refractivity contribution in [1.82, 2.24) is 4.98 Å². The first kappa shape index (κ1) is 12.8. The third kappa shape index (κ3) is 2.28. The van der Waals surface area contributed by atoms with E-state index in [1.807, 2.05) is 0 Å². The number of alkyl halides is 2. The van der Waals surface area contributed by atoms with E-state index in [9.17, 15) is 17.2 Å². The third-order valence-corrected chi connectivity index (χ3v) is 3.35. The van der Waals surface area contributed by atoms with Crippen LogP contribution in [0.3, 0.4) is 0 Å². The van der Waals surface area contributed by atoms with E-state index >= 15 is 0 Å². The van der Waals surface area contributed by atoms with Crippen LogP contribution in [0.25, 0.3) is 0 Å². The van der Waals surface area contributed by atoms with E-state index in [-0.39, 0.29) is 11.1 Å². The Hall–Kier alpha value is -1.26. The van der Waals surface area contributed by atoms with E-state index in [2.05, 4.69) is 4.98 Å². The Kier molecular flexibility index (Phi) is 3.45. The number of pyridine rings is 1. The summed E-state index contributed by atoms with van der Waals surface area (Å²) in [4.78, 5) is 2.45. The molecule has 8 heteroatoms. The van der Waals surface area contributed by atoms with E-state index in [0.29, 0.717) is 0 Å². The van der Waals surface area contributed by atoms with Crippen molar-refractivity contribution in [3.63, 3.8) is 0 Å². The van der Waals surface area contributed by atoms with Crippen LogP contribution in [-0.2, 0) is 9.05 Å². The largest absolute Gasteiger partial charge is 0.281 e. The van der Waals surface area contributed by atoms with Crippen LogP contribution in [0.4, 0.5) is 8.78 Å². The Balaban J connectivity index is 3.72. The average Bonchev–Trinajstić information content (AvgIpc) is 2.14. The van der Waals surface area contributed by atoms with Crippen molar-refractivity contribution in [1.29, 1.82) is 5.26 Å². The van der Waals surface area contributed by atoms with E-state index in [1.54, 1.807) is 6.07 Å². The van der Waals surface area contributed by atoms with E-state index in [0.717, 1.165) is 6.20 Å². The van der Waals surface area contributed by atoms with Gasteiger partial charge >= 0.3 is 0 Å². The summed E-state index contributed by atoms with van der Waals surface area (Å²) in [5.74, 6) is 0. The molecule has 0 fully saturated rings. The zero-order valence-corrected chi connectivity index (χ0v) is 9.48. The highest BCUT2D eigenvalue weighted by Gasteiger charge is 2.27. The van der Waals surface area contributed by atoms with E-state index in [1.165, 1.54) is 6.92 Å². The first-order valence-corrected chi connectivity index (χ1v) is 6.22. The van der Waals surface area contributed by atoms with Crippen molar-refractivity contribution in [3.8, 4) is 6.07 Å². The highest BCUT2D eigenvalue weighted by molar-refractivity contribution is 8.13. The molecule has 0 aliphatic carbocycles. The molecule has 1 rings (SSSR count). The molecular weight excluding hydrogens is 262 g/mol. The number of rotatable bonds is 2. The summed E-state index contributed by atoms with van der Waals surface area (Å²) >= 11 is 0. The van der Waals surface area contributed by atoms with Crippen molar-refractivity contribution in [2.24, 2.45) is 0 Å². The smallest absolute Gasteiger partial charge is 0.252 e. The molecule has 0 amide bonds. The summed E-state index contributed by atoms with van der Waals surface area (Å²) < 4.78 is 47.3. The molecule has 0 aliphatic heterocycles. The molecule has 0 saturated heterocycles. The highest BCUT2D eigenvalue weighted by atomic mass is 35.7. The van der Waals surface area contributed by atoms with Gasteiger partial charge in [-0.3, -0.25) is 4.98 Å². The van der Waals surface area contributed by atoms with Gasteiger partial charge in [-0.25, -0.2) is 17.2 Å². The third-order valence-electron chi connectivity index (χ3n) is 1.88. The van der Waals surface area contributed by atoms with Gasteiger partial charge in [0.25, 0.3) is 15.5 Å². The molecule has 1 aromatic heterocycles. The number of nitrogens with zero attached hydrogens (tertiary/aromatic N) is 2. The predicted molar refractivity (Wildman–Crippen MR) is 51.7 cm³/mol. The van der Waals surface area contributed by atoms with Gasteiger partial charge in [0.15, 0.2) is 0 Å². The van der Waals surface area contributed by atoms with Crippen LogP contribution in [0.1, 0.15) is 23.2 Å². The Morgan fingerprint density at radius 2 is 2.12 bits per heavy atom. The molecule has 0 spiro atoms. The van der Waals surface area contributed by atoms with E-state index < -0.39 is 26.1 Å². The minimum Gasteiger partial charge on any atom is -0.252 e. The van der Waals surface area contributed by atoms with Crippen LogP contribution in [0.15, 0.2) is 11.1 Å². The number of hydrogen-bond donors (Lipinski definition) is 0. The first-order chi connectivity index (χ1) is 7.29. The van der Waals surface area contributed by atoms with Crippen LogP contribution in [0.2, 0.25) is 0 Å². The van der Waals surface area contributed by atoms with E-state index in [4.69, 9.17) is 15.9 Å². The molecule has 0 unspecified atom stereocenters. The SMILES string of the molecule is Cc1c(C#N)cnc(C(F)F)c1S(=O)(=O)Cl. The molecule has 1 aromatic rings. The zero-order chi connectivity index (χ0) is 12.5. The van der Waals surface area contributed by atoms with Crippen molar-refractivity contribution < 1.29 is 17.2 Å². The monoisotopic (exact) mass is 266 g/mol. The van der Waals surface area contributed by atoms with Gasteiger partial charge in [-0.2, -0.15) is 5.26 Å². The Morgan fingerprint density at radius 1 is 1.56 bits per heavy atom. The fourth-order valence-corrected chi connectivity index (χ4v) is 2.63. The number of aromatic nitrogens is 1. The van der Waals surface area contributed by atoms with Crippen LogP contribution in [0.5, 0.6) is 0 Å². The first-order valence-electron chi connectivity index (χ1n) is 3.91. The number of halogens is 3. The summed E-state index contributed by atoms with van der Waals surface area (Å²) in [5, 5.41) is 8.62. The van der Waals surface area contributed by atoms with Crippen LogP contribution in [0, 0.1) is 18.3 Å². The van der Waals surface area contributed by atoms with Crippen LogP contribution >= 0.6 is 10.7 Å². The molecule has 0 atom stereocenters. The second-order valence-electron chi connectivity index (χ2n) is 2.86. The molecule has 0 N–H and O–H groups in total. The molecule has 0 radical (unpaired) electrons. The molecule has 0 aromatic carbocycles.